The van der Waals surface area contributed by atoms with Gasteiger partial charge < -0.3 is 14.8 Å². The van der Waals surface area contributed by atoms with Crippen LogP contribution in [0.25, 0.3) is 0 Å². The first-order valence-corrected chi connectivity index (χ1v) is 11.8. The third-order valence-electron chi connectivity index (χ3n) is 5.56. The molecule has 1 heterocycles. The van der Waals surface area contributed by atoms with Crippen molar-refractivity contribution in [1.29, 1.82) is 0 Å². The van der Waals surface area contributed by atoms with Crippen molar-refractivity contribution in [2.24, 2.45) is 0 Å². The fraction of sp³-hybridized carbons (Fsp3) is 0.650. The molecule has 7 nitrogen and oxygen atoms in total. The summed E-state index contributed by atoms with van der Waals surface area (Å²) in [5.74, 6) is 1.20. The van der Waals surface area contributed by atoms with Crippen molar-refractivity contribution in [3.05, 3.63) is 29.8 Å². The number of carbonyl (C=O) groups excluding carboxylic acids is 1. The number of nitrogens with one attached hydrogen (secondary N) is 2. The molecule has 0 radical (unpaired) electrons. The predicted molar refractivity (Wildman–Crippen MR) is 107 cm³/mol. The first-order valence-electron chi connectivity index (χ1n) is 9.94. The van der Waals surface area contributed by atoms with Crippen LogP contribution >= 0.6 is 0 Å². The van der Waals surface area contributed by atoms with Gasteiger partial charge in [0.1, 0.15) is 12.4 Å². The molecule has 1 saturated carbocycles. The number of aldehydes is 1. The Labute approximate surface area is 167 Å². The Bertz CT molecular complexity index is 747. The predicted octanol–water partition coefficient (Wildman–Crippen LogP) is 1.59. The quantitative estimate of drug-likeness (QED) is 0.601. The minimum Gasteiger partial charge on any atom is -0.486 e. The van der Waals surface area contributed by atoms with E-state index in [1.165, 1.54) is 6.26 Å². The van der Waals surface area contributed by atoms with Gasteiger partial charge in [-0.1, -0.05) is 18.2 Å². The lowest BCUT2D eigenvalue weighted by Gasteiger charge is -2.31. The molecular formula is C20H30N2O5S. The number of rotatable bonds is 9. The molecule has 1 aromatic carbocycles. The number of sulfonamides is 1. The van der Waals surface area contributed by atoms with Gasteiger partial charge in [0.05, 0.1) is 19.0 Å². The number of hydrogen-bond acceptors (Lipinski definition) is 6. The van der Waals surface area contributed by atoms with Crippen LogP contribution in [0.5, 0.6) is 5.75 Å². The van der Waals surface area contributed by atoms with Crippen LogP contribution in [0.4, 0.5) is 0 Å². The first kappa shape index (κ1) is 21.2. The van der Waals surface area contributed by atoms with Crippen LogP contribution in [0, 0.1) is 0 Å². The fourth-order valence-electron chi connectivity index (χ4n) is 4.21. The molecule has 0 bridgehead atoms. The molecule has 3 rings (SSSR count). The SMILES string of the molecule is CS(=O)(=O)N[C@H]1CCN[C@H]1COC1CCC(c2ccccc2OCC=O)CC1. The van der Waals surface area contributed by atoms with E-state index >= 15 is 0 Å². The molecular weight excluding hydrogens is 380 g/mol. The van der Waals surface area contributed by atoms with Gasteiger partial charge in [-0.25, -0.2) is 13.1 Å². The number of benzene rings is 1. The smallest absolute Gasteiger partial charge is 0.209 e. The topological polar surface area (TPSA) is 93.7 Å². The Morgan fingerprint density at radius 3 is 2.64 bits per heavy atom. The Hall–Kier alpha value is -1.48. The summed E-state index contributed by atoms with van der Waals surface area (Å²) in [6, 6.07) is 7.84. The highest BCUT2D eigenvalue weighted by Crippen LogP contribution is 2.38. The standard InChI is InChI=1S/C20H30N2O5S/c1-28(24,25)22-18-10-11-21-19(18)14-27-16-8-6-15(7-9-16)17-4-2-3-5-20(17)26-13-12-23/h2-5,12,15-16,18-19,21-22H,6-11,13-14H2,1H3/t15?,16?,18-,19-/m0/s1. The van der Waals surface area contributed by atoms with Crippen LogP contribution in [0.15, 0.2) is 24.3 Å². The third-order valence-corrected chi connectivity index (χ3v) is 6.30. The van der Waals surface area contributed by atoms with Crippen molar-refractivity contribution in [1.82, 2.24) is 10.0 Å². The van der Waals surface area contributed by atoms with Gasteiger partial charge >= 0.3 is 0 Å². The molecule has 0 aromatic heterocycles. The van der Waals surface area contributed by atoms with E-state index < -0.39 is 10.0 Å². The highest BCUT2D eigenvalue weighted by molar-refractivity contribution is 7.88. The van der Waals surface area contributed by atoms with Crippen molar-refractivity contribution < 1.29 is 22.7 Å². The number of para-hydroxylation sites is 1. The van der Waals surface area contributed by atoms with Gasteiger partial charge in [0.25, 0.3) is 0 Å². The summed E-state index contributed by atoms with van der Waals surface area (Å²) in [6.45, 7) is 1.39. The zero-order chi connectivity index (χ0) is 20.0. The van der Waals surface area contributed by atoms with E-state index in [2.05, 4.69) is 16.1 Å². The molecule has 2 atom stereocenters. The summed E-state index contributed by atoms with van der Waals surface area (Å²) in [4.78, 5) is 10.6. The van der Waals surface area contributed by atoms with Gasteiger partial charge in [-0.05, 0) is 56.2 Å². The van der Waals surface area contributed by atoms with Crippen molar-refractivity contribution in [2.75, 3.05) is 26.0 Å². The molecule has 0 amide bonds. The molecule has 0 spiro atoms. The van der Waals surface area contributed by atoms with Crippen LogP contribution < -0.4 is 14.8 Å². The first-order chi connectivity index (χ1) is 13.5. The zero-order valence-corrected chi connectivity index (χ0v) is 17.1. The molecule has 1 aromatic rings. The maximum absolute atomic E-state index is 11.5. The van der Waals surface area contributed by atoms with E-state index in [0.717, 1.165) is 56.2 Å². The Morgan fingerprint density at radius 2 is 1.93 bits per heavy atom. The zero-order valence-electron chi connectivity index (χ0n) is 16.3. The van der Waals surface area contributed by atoms with E-state index in [1.54, 1.807) is 0 Å². The summed E-state index contributed by atoms with van der Waals surface area (Å²) in [6.07, 6.45) is 6.88. The molecule has 0 unspecified atom stereocenters. The summed E-state index contributed by atoms with van der Waals surface area (Å²) in [5.41, 5.74) is 1.16. The summed E-state index contributed by atoms with van der Waals surface area (Å²) in [7, 11) is -3.21. The number of carbonyl (C=O) groups is 1. The van der Waals surface area contributed by atoms with E-state index in [0.29, 0.717) is 12.5 Å². The van der Waals surface area contributed by atoms with Crippen LogP contribution in [0.2, 0.25) is 0 Å². The lowest BCUT2D eigenvalue weighted by atomic mass is 9.82. The van der Waals surface area contributed by atoms with Crippen LogP contribution in [0.1, 0.15) is 43.6 Å². The van der Waals surface area contributed by atoms with Gasteiger partial charge in [0, 0.05) is 12.1 Å². The van der Waals surface area contributed by atoms with Crippen LogP contribution in [0.3, 0.4) is 0 Å². The second kappa shape index (κ2) is 9.82. The normalized spacial score (nSPS) is 28.2. The van der Waals surface area contributed by atoms with Crippen molar-refractivity contribution in [3.63, 3.8) is 0 Å². The van der Waals surface area contributed by atoms with Gasteiger partial charge in [0.15, 0.2) is 6.29 Å². The maximum Gasteiger partial charge on any atom is 0.209 e. The summed E-state index contributed by atoms with van der Waals surface area (Å²) < 4.78 is 37.4. The summed E-state index contributed by atoms with van der Waals surface area (Å²) in [5, 5.41) is 3.33. The monoisotopic (exact) mass is 410 g/mol. The lowest BCUT2D eigenvalue weighted by Crippen LogP contribution is -2.46. The lowest BCUT2D eigenvalue weighted by molar-refractivity contribution is -0.109. The molecule has 2 aliphatic rings. The van der Waals surface area contributed by atoms with Gasteiger partial charge in [-0.2, -0.15) is 0 Å². The molecule has 1 aliphatic carbocycles. The summed E-state index contributed by atoms with van der Waals surface area (Å²) >= 11 is 0. The van der Waals surface area contributed by atoms with E-state index in [4.69, 9.17) is 9.47 Å². The minimum absolute atomic E-state index is 0.0184. The fourth-order valence-corrected chi connectivity index (χ4v) is 5.04. The van der Waals surface area contributed by atoms with Crippen molar-refractivity contribution in [3.8, 4) is 5.75 Å². The van der Waals surface area contributed by atoms with E-state index in [1.807, 2.05) is 18.2 Å². The van der Waals surface area contributed by atoms with E-state index in [-0.39, 0.29) is 24.8 Å². The molecule has 28 heavy (non-hydrogen) atoms. The Morgan fingerprint density at radius 1 is 1.18 bits per heavy atom. The van der Waals surface area contributed by atoms with Crippen molar-refractivity contribution in [2.45, 2.75) is 56.2 Å². The Balaban J connectivity index is 1.48. The molecule has 1 saturated heterocycles. The molecule has 1 aliphatic heterocycles. The molecule has 8 heteroatoms. The number of hydrogen-bond donors (Lipinski definition) is 2. The van der Waals surface area contributed by atoms with Crippen LogP contribution in [-0.4, -0.2) is 58.9 Å². The molecule has 156 valence electrons. The van der Waals surface area contributed by atoms with Gasteiger partial charge in [0.2, 0.25) is 10.0 Å². The highest BCUT2D eigenvalue weighted by atomic mass is 32.2. The third kappa shape index (κ3) is 6.01. The van der Waals surface area contributed by atoms with Crippen molar-refractivity contribution >= 4 is 16.3 Å². The Kier molecular flexibility index (Phi) is 7.45. The van der Waals surface area contributed by atoms with Gasteiger partial charge in [-0.3, -0.25) is 4.79 Å². The average Bonchev–Trinajstić information content (AvgIpc) is 3.10. The van der Waals surface area contributed by atoms with Crippen LogP contribution in [-0.2, 0) is 19.6 Å². The largest absolute Gasteiger partial charge is 0.486 e. The molecule has 2 fully saturated rings. The maximum atomic E-state index is 11.5. The number of ether oxygens (including phenoxy) is 2. The second-order valence-electron chi connectivity index (χ2n) is 7.67. The minimum atomic E-state index is -3.21. The van der Waals surface area contributed by atoms with Gasteiger partial charge in [-0.15, -0.1) is 0 Å². The highest BCUT2D eigenvalue weighted by Gasteiger charge is 2.31. The van der Waals surface area contributed by atoms with E-state index in [9.17, 15) is 13.2 Å². The average molecular weight is 411 g/mol. The second-order valence-corrected chi connectivity index (χ2v) is 9.45. The molecule has 2 N–H and O–H groups in total.